The van der Waals surface area contributed by atoms with Crippen molar-refractivity contribution >= 4 is 17.3 Å². The average Bonchev–Trinajstić information content (AvgIpc) is 3.22. The number of nitrogens with one attached hydrogen (secondary N) is 2. The van der Waals surface area contributed by atoms with Crippen molar-refractivity contribution in [3.05, 3.63) is 42.2 Å². The lowest BCUT2D eigenvalue weighted by Gasteiger charge is -2.08. The number of hydrogen-bond acceptors (Lipinski definition) is 5. The molecule has 2 heterocycles. The highest BCUT2D eigenvalue weighted by Gasteiger charge is 2.24. The lowest BCUT2D eigenvalue weighted by Crippen LogP contribution is -2.26. The maximum atomic E-state index is 11.9. The average molecular weight is 297 g/mol. The molecule has 22 heavy (non-hydrogen) atoms. The van der Waals surface area contributed by atoms with E-state index in [1.165, 1.54) is 0 Å². The van der Waals surface area contributed by atoms with Crippen LogP contribution in [0.4, 0.5) is 11.4 Å². The van der Waals surface area contributed by atoms with E-state index in [2.05, 4.69) is 15.6 Å². The summed E-state index contributed by atoms with van der Waals surface area (Å²) in [6.45, 7) is 0.255. The summed E-state index contributed by atoms with van der Waals surface area (Å²) >= 11 is 0. The minimum atomic E-state index is -0.114. The Morgan fingerprint density at radius 3 is 2.68 bits per heavy atom. The summed E-state index contributed by atoms with van der Waals surface area (Å²) in [4.78, 5) is 16.1. The summed E-state index contributed by atoms with van der Waals surface area (Å²) in [5, 5.41) is 6.14. The van der Waals surface area contributed by atoms with Crippen LogP contribution in [0.25, 0.3) is 0 Å². The zero-order valence-electron chi connectivity index (χ0n) is 11.8. The van der Waals surface area contributed by atoms with E-state index in [9.17, 15) is 4.79 Å². The van der Waals surface area contributed by atoms with Gasteiger partial charge in [-0.2, -0.15) is 0 Å². The number of carbonyl (C=O) groups is 1. The van der Waals surface area contributed by atoms with Crippen LogP contribution < -0.4 is 20.1 Å². The van der Waals surface area contributed by atoms with Crippen LogP contribution in [0.5, 0.6) is 11.5 Å². The molecule has 0 atom stereocenters. The largest absolute Gasteiger partial charge is 0.454 e. The second-order valence-electron chi connectivity index (χ2n) is 5.37. The number of nitrogens with zero attached hydrogens (tertiary/aromatic N) is 1. The summed E-state index contributed by atoms with van der Waals surface area (Å²) in [7, 11) is 0. The number of ether oxygens (including phenoxy) is 2. The highest BCUT2D eigenvalue weighted by Crippen LogP contribution is 2.35. The molecule has 1 saturated carbocycles. The Labute approximate surface area is 127 Å². The van der Waals surface area contributed by atoms with E-state index < -0.39 is 0 Å². The van der Waals surface area contributed by atoms with Crippen molar-refractivity contribution in [1.29, 1.82) is 0 Å². The number of anilines is 2. The number of carbonyl (C=O) groups excluding carboxylic acids is 1. The molecule has 0 bridgehead atoms. The summed E-state index contributed by atoms with van der Waals surface area (Å²) in [6.07, 6.45) is 3.78. The third-order valence-electron chi connectivity index (χ3n) is 3.57. The molecule has 1 aliphatic carbocycles. The summed E-state index contributed by atoms with van der Waals surface area (Å²) in [6, 6.07) is 9.51. The molecule has 1 aliphatic heterocycles. The van der Waals surface area contributed by atoms with Crippen molar-refractivity contribution in [2.45, 2.75) is 18.9 Å². The van der Waals surface area contributed by atoms with Gasteiger partial charge < -0.3 is 20.1 Å². The summed E-state index contributed by atoms with van der Waals surface area (Å²) in [5.74, 6) is 1.35. The van der Waals surface area contributed by atoms with E-state index in [1.54, 1.807) is 12.3 Å². The number of benzene rings is 1. The first-order valence-corrected chi connectivity index (χ1v) is 7.21. The van der Waals surface area contributed by atoms with E-state index in [0.29, 0.717) is 11.7 Å². The molecule has 0 unspecified atom stereocenters. The van der Waals surface area contributed by atoms with Gasteiger partial charge in [-0.3, -0.25) is 4.79 Å². The molecule has 1 aromatic carbocycles. The lowest BCUT2D eigenvalue weighted by atomic mass is 10.2. The SMILES string of the molecule is O=C(NC1CC1)c1ccc(Nc2ccc3c(c2)OCO3)cn1. The van der Waals surface area contributed by atoms with E-state index in [1.807, 2.05) is 24.3 Å². The van der Waals surface area contributed by atoms with Gasteiger partial charge in [-0.1, -0.05) is 0 Å². The van der Waals surface area contributed by atoms with Crippen LogP contribution in [0.1, 0.15) is 23.3 Å². The third kappa shape index (κ3) is 2.67. The molecule has 0 spiro atoms. The van der Waals surface area contributed by atoms with Crippen LogP contribution in [0, 0.1) is 0 Å². The number of pyridine rings is 1. The van der Waals surface area contributed by atoms with Gasteiger partial charge in [-0.05, 0) is 37.1 Å². The fraction of sp³-hybridized carbons (Fsp3) is 0.250. The van der Waals surface area contributed by atoms with E-state index in [-0.39, 0.29) is 12.7 Å². The molecular formula is C16H15N3O3. The molecule has 2 N–H and O–H groups in total. The maximum Gasteiger partial charge on any atom is 0.270 e. The topological polar surface area (TPSA) is 72.5 Å². The van der Waals surface area contributed by atoms with E-state index >= 15 is 0 Å². The van der Waals surface area contributed by atoms with Crippen molar-refractivity contribution < 1.29 is 14.3 Å². The van der Waals surface area contributed by atoms with Crippen LogP contribution in [-0.4, -0.2) is 23.7 Å². The first-order chi connectivity index (χ1) is 10.8. The van der Waals surface area contributed by atoms with Crippen LogP contribution in [0.15, 0.2) is 36.5 Å². The van der Waals surface area contributed by atoms with Crippen molar-refractivity contribution in [1.82, 2.24) is 10.3 Å². The number of fused-ring (bicyclic) bond motifs is 1. The van der Waals surface area contributed by atoms with Gasteiger partial charge >= 0.3 is 0 Å². The lowest BCUT2D eigenvalue weighted by molar-refractivity contribution is 0.0946. The van der Waals surface area contributed by atoms with Crippen LogP contribution in [0.3, 0.4) is 0 Å². The quantitative estimate of drug-likeness (QED) is 0.907. The number of hydrogen-bond donors (Lipinski definition) is 2. The van der Waals surface area contributed by atoms with Crippen LogP contribution in [-0.2, 0) is 0 Å². The smallest absolute Gasteiger partial charge is 0.270 e. The number of amides is 1. The molecule has 1 aromatic heterocycles. The predicted molar refractivity (Wildman–Crippen MR) is 80.6 cm³/mol. The molecule has 6 heteroatoms. The van der Waals surface area contributed by atoms with Gasteiger partial charge in [0.2, 0.25) is 6.79 Å². The van der Waals surface area contributed by atoms with Crippen molar-refractivity contribution in [2.75, 3.05) is 12.1 Å². The second kappa shape index (κ2) is 5.22. The summed E-state index contributed by atoms with van der Waals surface area (Å²) < 4.78 is 10.6. The van der Waals surface area contributed by atoms with Crippen LogP contribution >= 0.6 is 0 Å². The number of aromatic nitrogens is 1. The number of rotatable bonds is 4. The molecular weight excluding hydrogens is 282 g/mol. The monoisotopic (exact) mass is 297 g/mol. The Balaban J connectivity index is 1.45. The van der Waals surface area contributed by atoms with Crippen molar-refractivity contribution in [3.8, 4) is 11.5 Å². The highest BCUT2D eigenvalue weighted by molar-refractivity contribution is 5.92. The normalized spacial score (nSPS) is 15.5. The standard InChI is InChI=1S/C16H15N3O3/c20-16(19-10-1-2-10)13-5-3-12(8-17-13)18-11-4-6-14-15(7-11)22-9-21-14/h3-8,10,18H,1-2,9H2,(H,19,20). The summed E-state index contributed by atoms with van der Waals surface area (Å²) in [5.41, 5.74) is 2.12. The Hall–Kier alpha value is -2.76. The van der Waals surface area contributed by atoms with Gasteiger partial charge in [0, 0.05) is 17.8 Å². The van der Waals surface area contributed by atoms with E-state index in [0.717, 1.165) is 35.7 Å². The fourth-order valence-corrected chi connectivity index (χ4v) is 2.23. The first-order valence-electron chi connectivity index (χ1n) is 7.21. The zero-order valence-corrected chi connectivity index (χ0v) is 11.8. The van der Waals surface area contributed by atoms with Gasteiger partial charge in [-0.15, -0.1) is 0 Å². The minimum absolute atomic E-state index is 0.114. The Morgan fingerprint density at radius 1 is 1.09 bits per heavy atom. The van der Waals surface area contributed by atoms with Gasteiger partial charge in [0.05, 0.1) is 11.9 Å². The molecule has 1 amide bonds. The Morgan fingerprint density at radius 2 is 1.91 bits per heavy atom. The fourth-order valence-electron chi connectivity index (χ4n) is 2.23. The Bertz CT molecular complexity index is 711. The zero-order chi connectivity index (χ0) is 14.9. The van der Waals surface area contributed by atoms with Crippen molar-refractivity contribution in [2.24, 2.45) is 0 Å². The van der Waals surface area contributed by atoms with Gasteiger partial charge in [-0.25, -0.2) is 4.98 Å². The molecule has 112 valence electrons. The van der Waals surface area contributed by atoms with Gasteiger partial charge in [0.15, 0.2) is 11.5 Å². The molecule has 6 nitrogen and oxygen atoms in total. The van der Waals surface area contributed by atoms with Crippen molar-refractivity contribution in [3.63, 3.8) is 0 Å². The molecule has 2 aliphatic rings. The Kier molecular flexibility index (Phi) is 3.07. The second-order valence-corrected chi connectivity index (χ2v) is 5.37. The molecule has 4 rings (SSSR count). The highest BCUT2D eigenvalue weighted by atomic mass is 16.7. The maximum absolute atomic E-state index is 11.9. The van der Waals surface area contributed by atoms with E-state index in [4.69, 9.17) is 9.47 Å². The first kappa shape index (κ1) is 12.9. The molecule has 2 aromatic rings. The molecule has 1 fully saturated rings. The molecule has 0 saturated heterocycles. The third-order valence-corrected chi connectivity index (χ3v) is 3.57. The van der Waals surface area contributed by atoms with Gasteiger partial charge in [0.25, 0.3) is 5.91 Å². The van der Waals surface area contributed by atoms with Gasteiger partial charge in [0.1, 0.15) is 5.69 Å². The minimum Gasteiger partial charge on any atom is -0.454 e. The van der Waals surface area contributed by atoms with Crippen LogP contribution in [0.2, 0.25) is 0 Å². The molecule has 0 radical (unpaired) electrons. The predicted octanol–water partition coefficient (Wildman–Crippen LogP) is 2.45.